The lowest BCUT2D eigenvalue weighted by molar-refractivity contribution is 0.194. The Balaban J connectivity index is 1.79. The molecule has 3 N–H and O–H groups in total. The Labute approximate surface area is 149 Å². The third-order valence-corrected chi connectivity index (χ3v) is 6.24. The van der Waals surface area contributed by atoms with Crippen molar-refractivity contribution in [3.05, 3.63) is 58.7 Å². The van der Waals surface area contributed by atoms with Gasteiger partial charge in [-0.15, -0.1) is 0 Å². The molecule has 2 aliphatic rings. The first-order valence-corrected chi connectivity index (χ1v) is 9.37. The van der Waals surface area contributed by atoms with Crippen molar-refractivity contribution in [1.82, 2.24) is 0 Å². The van der Waals surface area contributed by atoms with Crippen molar-refractivity contribution in [3.63, 3.8) is 0 Å². The number of phenolic OH excluding ortho intramolecular Hbond substituents is 2. The summed E-state index contributed by atoms with van der Waals surface area (Å²) in [5, 5.41) is 29.9. The summed E-state index contributed by atoms with van der Waals surface area (Å²) in [5.74, 6) is 2.03. The second kappa shape index (κ2) is 6.38. The first-order chi connectivity index (χ1) is 12.0. The van der Waals surface area contributed by atoms with E-state index >= 15 is 0 Å². The van der Waals surface area contributed by atoms with Gasteiger partial charge >= 0.3 is 0 Å². The van der Waals surface area contributed by atoms with Crippen molar-refractivity contribution in [2.45, 2.75) is 57.0 Å². The van der Waals surface area contributed by atoms with Gasteiger partial charge in [0.2, 0.25) is 0 Å². The van der Waals surface area contributed by atoms with Crippen LogP contribution >= 0.6 is 0 Å². The number of aliphatic hydroxyl groups excluding tert-OH is 1. The van der Waals surface area contributed by atoms with E-state index in [1.807, 2.05) is 24.3 Å². The Kier molecular flexibility index (Phi) is 4.20. The average Bonchev–Trinajstić information content (AvgIpc) is 2.61. The van der Waals surface area contributed by atoms with Crippen molar-refractivity contribution in [2.24, 2.45) is 5.92 Å². The van der Waals surface area contributed by atoms with Crippen LogP contribution in [0.25, 0.3) is 0 Å². The molecule has 2 aromatic rings. The molecule has 0 aromatic heterocycles. The summed E-state index contributed by atoms with van der Waals surface area (Å²) in [5.41, 5.74) is 4.45. The summed E-state index contributed by atoms with van der Waals surface area (Å²) in [4.78, 5) is 0. The van der Waals surface area contributed by atoms with E-state index in [4.69, 9.17) is 0 Å². The molecule has 25 heavy (non-hydrogen) atoms. The fourth-order valence-corrected chi connectivity index (χ4v) is 5.03. The molecule has 0 aliphatic heterocycles. The molecule has 132 valence electrons. The van der Waals surface area contributed by atoms with E-state index < -0.39 is 6.10 Å². The van der Waals surface area contributed by atoms with Gasteiger partial charge in [0.25, 0.3) is 0 Å². The fraction of sp³-hybridized carbons (Fsp3) is 0.455. The molecule has 1 unspecified atom stereocenters. The average molecular weight is 338 g/mol. The lowest BCUT2D eigenvalue weighted by Gasteiger charge is -2.43. The molecule has 3 heteroatoms. The molecule has 1 saturated carbocycles. The van der Waals surface area contributed by atoms with Crippen molar-refractivity contribution in [2.75, 3.05) is 0 Å². The van der Waals surface area contributed by atoms with E-state index in [1.54, 1.807) is 19.1 Å². The van der Waals surface area contributed by atoms with Gasteiger partial charge in [-0.1, -0.05) is 25.0 Å². The van der Waals surface area contributed by atoms with E-state index in [9.17, 15) is 15.3 Å². The van der Waals surface area contributed by atoms with Crippen LogP contribution in [-0.2, 0) is 6.42 Å². The number of benzene rings is 2. The van der Waals surface area contributed by atoms with Crippen molar-refractivity contribution in [1.29, 1.82) is 0 Å². The van der Waals surface area contributed by atoms with E-state index in [0.717, 1.165) is 6.42 Å². The van der Waals surface area contributed by atoms with Crippen LogP contribution in [0.15, 0.2) is 36.4 Å². The summed E-state index contributed by atoms with van der Waals surface area (Å²) >= 11 is 0. The maximum absolute atomic E-state index is 10.4. The molecule has 4 rings (SSSR count). The first-order valence-electron chi connectivity index (χ1n) is 9.37. The van der Waals surface area contributed by atoms with Crippen LogP contribution in [0.4, 0.5) is 0 Å². The van der Waals surface area contributed by atoms with Gasteiger partial charge in [0.05, 0.1) is 6.10 Å². The predicted molar refractivity (Wildman–Crippen MR) is 98.0 cm³/mol. The summed E-state index contributed by atoms with van der Waals surface area (Å²) in [6.07, 6.45) is 5.15. The summed E-state index contributed by atoms with van der Waals surface area (Å²) in [6.45, 7) is 1.70. The molecule has 0 amide bonds. The summed E-state index contributed by atoms with van der Waals surface area (Å²) in [7, 11) is 0. The minimum atomic E-state index is -0.665. The monoisotopic (exact) mass is 338 g/mol. The smallest absolute Gasteiger partial charge is 0.121 e. The molecule has 3 nitrogen and oxygen atoms in total. The van der Waals surface area contributed by atoms with Crippen molar-refractivity contribution in [3.8, 4) is 11.5 Å². The molecule has 1 fully saturated rings. The third kappa shape index (κ3) is 2.91. The maximum atomic E-state index is 10.4. The van der Waals surface area contributed by atoms with Crippen molar-refractivity contribution >= 4 is 0 Å². The molecule has 2 aliphatic carbocycles. The van der Waals surface area contributed by atoms with Gasteiger partial charge in [-0.05, 0) is 84.9 Å². The van der Waals surface area contributed by atoms with Crippen molar-refractivity contribution < 1.29 is 15.3 Å². The molecule has 2 aromatic carbocycles. The lowest BCUT2D eigenvalue weighted by Crippen LogP contribution is -2.31. The molecule has 0 bridgehead atoms. The van der Waals surface area contributed by atoms with Crippen LogP contribution in [0.5, 0.6) is 11.5 Å². The Bertz CT molecular complexity index is 764. The molecule has 0 spiro atoms. The van der Waals surface area contributed by atoms with Crippen LogP contribution in [0.1, 0.15) is 72.8 Å². The highest BCUT2D eigenvalue weighted by Crippen LogP contribution is 2.52. The number of fused-ring (bicyclic) bond motifs is 3. The van der Waals surface area contributed by atoms with E-state index in [1.165, 1.54) is 42.4 Å². The predicted octanol–water partition coefficient (Wildman–Crippen LogP) is 4.76. The van der Waals surface area contributed by atoms with E-state index in [2.05, 4.69) is 0 Å². The highest BCUT2D eigenvalue weighted by atomic mass is 16.3. The Morgan fingerprint density at radius 1 is 0.960 bits per heavy atom. The zero-order chi connectivity index (χ0) is 17.6. The topological polar surface area (TPSA) is 60.7 Å². The molecule has 0 saturated heterocycles. The normalized spacial score (nSPS) is 26.6. The van der Waals surface area contributed by atoms with Gasteiger partial charge in [-0.2, -0.15) is 0 Å². The van der Waals surface area contributed by atoms with E-state index in [-0.39, 0.29) is 5.75 Å². The van der Waals surface area contributed by atoms with Gasteiger partial charge in [-0.25, -0.2) is 0 Å². The van der Waals surface area contributed by atoms with Crippen LogP contribution in [-0.4, -0.2) is 15.3 Å². The largest absolute Gasteiger partial charge is 0.508 e. The highest BCUT2D eigenvalue weighted by molar-refractivity contribution is 5.48. The van der Waals surface area contributed by atoms with Gasteiger partial charge in [-0.3, -0.25) is 0 Å². The SMILES string of the molecule is CC(O)c1cc2c(cc1O)[C@@H]1CCCC[C@@H]1[C@H](c1ccc(O)cc1)C2. The van der Waals surface area contributed by atoms with Gasteiger partial charge in [0.1, 0.15) is 11.5 Å². The minimum Gasteiger partial charge on any atom is -0.508 e. The molecule has 4 atom stereocenters. The highest BCUT2D eigenvalue weighted by Gasteiger charge is 2.39. The standard InChI is InChI=1S/C22H26O3/c1-13(23)19-10-15-11-20(14-6-8-16(24)9-7-14)17-4-2-3-5-18(17)21(15)12-22(19)25/h6-10,12-13,17-18,20,23-25H,2-5,11H2,1H3/t13?,17-,18+,20-/m0/s1. The Morgan fingerprint density at radius 2 is 1.68 bits per heavy atom. The lowest BCUT2D eigenvalue weighted by atomic mass is 9.61. The third-order valence-electron chi connectivity index (χ3n) is 6.24. The molecular formula is C22H26O3. The van der Waals surface area contributed by atoms with Gasteiger partial charge < -0.3 is 15.3 Å². The number of hydrogen-bond donors (Lipinski definition) is 3. The molecule has 0 radical (unpaired) electrons. The van der Waals surface area contributed by atoms with E-state index in [0.29, 0.717) is 29.1 Å². The molecule has 0 heterocycles. The zero-order valence-electron chi connectivity index (χ0n) is 14.7. The number of aliphatic hydroxyl groups is 1. The van der Waals surface area contributed by atoms with Crippen LogP contribution in [0, 0.1) is 5.92 Å². The second-order valence-electron chi connectivity index (χ2n) is 7.74. The number of hydrogen-bond acceptors (Lipinski definition) is 3. The first kappa shape index (κ1) is 16.5. The maximum Gasteiger partial charge on any atom is 0.121 e. The summed E-state index contributed by atoms with van der Waals surface area (Å²) in [6, 6.07) is 11.6. The minimum absolute atomic E-state index is 0.223. The number of aromatic hydroxyl groups is 2. The second-order valence-corrected chi connectivity index (χ2v) is 7.74. The van der Waals surface area contributed by atoms with Crippen LogP contribution in [0.3, 0.4) is 0 Å². The Hall–Kier alpha value is -2.00. The van der Waals surface area contributed by atoms with Gasteiger partial charge in [0.15, 0.2) is 0 Å². The number of rotatable bonds is 2. The van der Waals surface area contributed by atoms with Crippen LogP contribution in [0.2, 0.25) is 0 Å². The zero-order valence-corrected chi connectivity index (χ0v) is 14.7. The number of phenols is 2. The Morgan fingerprint density at radius 3 is 2.40 bits per heavy atom. The van der Waals surface area contributed by atoms with Crippen LogP contribution < -0.4 is 0 Å². The molecular weight excluding hydrogens is 312 g/mol. The summed E-state index contributed by atoms with van der Waals surface area (Å²) < 4.78 is 0. The quantitative estimate of drug-likeness (QED) is 0.739. The van der Waals surface area contributed by atoms with Gasteiger partial charge in [0, 0.05) is 5.56 Å². The fourth-order valence-electron chi connectivity index (χ4n) is 5.03.